The van der Waals surface area contributed by atoms with Gasteiger partial charge in [0.1, 0.15) is 0 Å². The van der Waals surface area contributed by atoms with Crippen molar-refractivity contribution < 1.29 is 0 Å². The van der Waals surface area contributed by atoms with Crippen molar-refractivity contribution in [2.75, 3.05) is 0 Å². The largest absolute Gasteiger partial charge is 0.0622 e. The predicted molar refractivity (Wildman–Crippen MR) is 142 cm³/mol. The smallest absolute Gasteiger partial charge is 0.0149 e. The van der Waals surface area contributed by atoms with Crippen LogP contribution in [0.15, 0.2) is 72.8 Å². The van der Waals surface area contributed by atoms with Crippen molar-refractivity contribution in [3.05, 3.63) is 117 Å². The Morgan fingerprint density at radius 3 is 0.969 bits per heavy atom. The number of rotatable bonds is 2. The third-order valence-electron chi connectivity index (χ3n) is 7.13. The normalized spacial score (nSPS) is 10.5. The number of benzene rings is 4. The van der Waals surface area contributed by atoms with Crippen molar-refractivity contribution in [2.24, 2.45) is 0 Å². The molecule has 4 rings (SSSR count). The van der Waals surface area contributed by atoms with Gasteiger partial charge in [-0.2, -0.15) is 0 Å². The first-order valence-corrected chi connectivity index (χ1v) is 11.5. The third-order valence-corrected chi connectivity index (χ3v) is 7.13. The maximum atomic E-state index is 2.30. The fourth-order valence-electron chi connectivity index (χ4n) is 4.26. The maximum Gasteiger partial charge on any atom is -0.0149 e. The van der Waals surface area contributed by atoms with Crippen molar-refractivity contribution >= 4 is 0 Å². The zero-order valence-corrected chi connectivity index (χ0v) is 20.9. The van der Waals surface area contributed by atoms with E-state index in [0.29, 0.717) is 0 Å². The molecule has 0 aliphatic rings. The van der Waals surface area contributed by atoms with E-state index in [2.05, 4.69) is 128 Å². The molecule has 0 radical (unpaired) electrons. The first-order chi connectivity index (χ1) is 15.2. The summed E-state index contributed by atoms with van der Waals surface area (Å²) in [6.45, 7) is 17.6. The average Bonchev–Trinajstić information content (AvgIpc) is 2.82. The SMILES string of the molecule is Cc1cc(-c2ccccc2)c(C)c(C)c1C.Cc1cc(-c2ccccc2)c(C)c(C)c1C. The number of hydrogen-bond acceptors (Lipinski definition) is 0. The molecule has 164 valence electrons. The van der Waals surface area contributed by atoms with Crippen LogP contribution in [0.25, 0.3) is 22.3 Å². The minimum atomic E-state index is 1.31. The van der Waals surface area contributed by atoms with Crippen LogP contribution in [-0.4, -0.2) is 0 Å². The van der Waals surface area contributed by atoms with Gasteiger partial charge < -0.3 is 0 Å². The van der Waals surface area contributed by atoms with Gasteiger partial charge in [0.05, 0.1) is 0 Å². The lowest BCUT2D eigenvalue weighted by Crippen LogP contribution is -1.94. The van der Waals surface area contributed by atoms with Crippen LogP contribution in [0, 0.1) is 55.4 Å². The molecule has 4 aromatic rings. The zero-order valence-electron chi connectivity index (χ0n) is 20.9. The van der Waals surface area contributed by atoms with Gasteiger partial charge >= 0.3 is 0 Å². The van der Waals surface area contributed by atoms with Gasteiger partial charge in [-0.3, -0.25) is 0 Å². The summed E-state index contributed by atoms with van der Waals surface area (Å²) in [6, 6.07) is 25.8. The van der Waals surface area contributed by atoms with Crippen LogP contribution in [-0.2, 0) is 0 Å². The minimum absolute atomic E-state index is 1.31. The highest BCUT2D eigenvalue weighted by atomic mass is 14.1. The van der Waals surface area contributed by atoms with E-state index in [0.717, 1.165) is 0 Å². The molecule has 0 nitrogen and oxygen atoms in total. The fraction of sp³-hybridized carbons (Fsp3) is 0.250. The lowest BCUT2D eigenvalue weighted by molar-refractivity contribution is 1.22. The quantitative estimate of drug-likeness (QED) is 0.303. The molecular formula is C32H36. The Hall–Kier alpha value is -3.12. The van der Waals surface area contributed by atoms with Crippen molar-refractivity contribution in [2.45, 2.75) is 55.4 Å². The molecule has 0 aliphatic heterocycles. The van der Waals surface area contributed by atoms with Crippen LogP contribution >= 0.6 is 0 Å². The highest BCUT2D eigenvalue weighted by molar-refractivity contribution is 5.71. The molecule has 4 aromatic carbocycles. The number of aryl methyl sites for hydroxylation is 2. The Morgan fingerprint density at radius 1 is 0.344 bits per heavy atom. The van der Waals surface area contributed by atoms with Gasteiger partial charge in [0.2, 0.25) is 0 Å². The average molecular weight is 421 g/mol. The summed E-state index contributed by atoms with van der Waals surface area (Å²) in [4.78, 5) is 0. The molecule has 0 N–H and O–H groups in total. The molecule has 0 saturated carbocycles. The molecule has 0 bridgehead atoms. The van der Waals surface area contributed by atoms with Crippen molar-refractivity contribution in [3.8, 4) is 22.3 Å². The molecular weight excluding hydrogens is 384 g/mol. The van der Waals surface area contributed by atoms with Crippen LogP contribution < -0.4 is 0 Å². The van der Waals surface area contributed by atoms with E-state index < -0.39 is 0 Å². The lowest BCUT2D eigenvalue weighted by atomic mass is 9.91. The molecule has 0 atom stereocenters. The van der Waals surface area contributed by atoms with Crippen molar-refractivity contribution in [1.29, 1.82) is 0 Å². The Morgan fingerprint density at radius 2 is 0.656 bits per heavy atom. The summed E-state index contributed by atoms with van der Waals surface area (Å²) in [7, 11) is 0. The lowest BCUT2D eigenvalue weighted by Gasteiger charge is -2.14. The standard InChI is InChI=1S/2C16H18/c2*1-11-10-16(14(4)13(3)12(11)2)15-8-6-5-7-9-15/h2*5-10H,1-4H3. The topological polar surface area (TPSA) is 0 Å². The first kappa shape index (κ1) is 23.5. The van der Waals surface area contributed by atoms with Gasteiger partial charge in [0.15, 0.2) is 0 Å². The molecule has 0 aromatic heterocycles. The van der Waals surface area contributed by atoms with E-state index in [1.54, 1.807) is 0 Å². The third kappa shape index (κ3) is 4.86. The minimum Gasteiger partial charge on any atom is -0.0622 e. The predicted octanol–water partition coefficient (Wildman–Crippen LogP) is 9.17. The highest BCUT2D eigenvalue weighted by Crippen LogP contribution is 2.30. The molecule has 0 fully saturated rings. The van der Waals surface area contributed by atoms with Crippen LogP contribution in [0.5, 0.6) is 0 Å². The molecule has 0 saturated heterocycles. The van der Waals surface area contributed by atoms with Gasteiger partial charge in [-0.05, 0) is 122 Å². The second-order valence-electron chi connectivity index (χ2n) is 8.96. The van der Waals surface area contributed by atoms with Gasteiger partial charge in [-0.25, -0.2) is 0 Å². The molecule has 0 spiro atoms. The zero-order chi connectivity index (χ0) is 23.4. The monoisotopic (exact) mass is 420 g/mol. The van der Waals surface area contributed by atoms with Crippen LogP contribution in [0.3, 0.4) is 0 Å². The Balaban J connectivity index is 0.000000181. The van der Waals surface area contributed by atoms with E-state index in [1.165, 1.54) is 66.8 Å². The van der Waals surface area contributed by atoms with E-state index in [9.17, 15) is 0 Å². The van der Waals surface area contributed by atoms with E-state index in [-0.39, 0.29) is 0 Å². The van der Waals surface area contributed by atoms with E-state index in [4.69, 9.17) is 0 Å². The Labute approximate surface area is 195 Å². The molecule has 0 amide bonds. The van der Waals surface area contributed by atoms with Gasteiger partial charge in [-0.1, -0.05) is 72.8 Å². The van der Waals surface area contributed by atoms with Gasteiger partial charge in [0.25, 0.3) is 0 Å². The van der Waals surface area contributed by atoms with Crippen molar-refractivity contribution in [3.63, 3.8) is 0 Å². The fourth-order valence-corrected chi connectivity index (χ4v) is 4.26. The second-order valence-corrected chi connectivity index (χ2v) is 8.96. The summed E-state index contributed by atoms with van der Waals surface area (Å²) in [6.07, 6.45) is 0. The van der Waals surface area contributed by atoms with Crippen LogP contribution in [0.1, 0.15) is 44.5 Å². The summed E-state index contributed by atoms with van der Waals surface area (Å²) < 4.78 is 0. The Kier molecular flexibility index (Phi) is 7.36. The molecule has 0 heteroatoms. The molecule has 0 heterocycles. The molecule has 0 aliphatic carbocycles. The van der Waals surface area contributed by atoms with E-state index >= 15 is 0 Å². The van der Waals surface area contributed by atoms with Crippen LogP contribution in [0.2, 0.25) is 0 Å². The summed E-state index contributed by atoms with van der Waals surface area (Å²) in [5.41, 5.74) is 16.6. The van der Waals surface area contributed by atoms with Crippen molar-refractivity contribution in [1.82, 2.24) is 0 Å². The Bertz CT molecular complexity index is 1110. The van der Waals surface area contributed by atoms with Gasteiger partial charge in [0, 0.05) is 0 Å². The maximum absolute atomic E-state index is 2.30. The first-order valence-electron chi connectivity index (χ1n) is 11.5. The summed E-state index contributed by atoms with van der Waals surface area (Å²) in [5, 5.41) is 0. The van der Waals surface area contributed by atoms with Gasteiger partial charge in [-0.15, -0.1) is 0 Å². The van der Waals surface area contributed by atoms with Crippen LogP contribution in [0.4, 0.5) is 0 Å². The second kappa shape index (κ2) is 10.0. The highest BCUT2D eigenvalue weighted by Gasteiger charge is 2.09. The summed E-state index contributed by atoms with van der Waals surface area (Å²) in [5.74, 6) is 0. The van der Waals surface area contributed by atoms with E-state index in [1.807, 2.05) is 0 Å². The number of hydrogen-bond donors (Lipinski definition) is 0. The summed E-state index contributed by atoms with van der Waals surface area (Å²) >= 11 is 0. The molecule has 0 unspecified atom stereocenters. The molecule has 32 heavy (non-hydrogen) atoms.